The van der Waals surface area contributed by atoms with E-state index in [0.29, 0.717) is 17.9 Å². The van der Waals surface area contributed by atoms with Crippen LogP contribution in [-0.2, 0) is 20.9 Å². The van der Waals surface area contributed by atoms with Crippen LogP contribution in [0.25, 0.3) is 0 Å². The molecule has 4 rings (SSSR count). The van der Waals surface area contributed by atoms with Gasteiger partial charge in [0.1, 0.15) is 32.7 Å². The fourth-order valence-electron chi connectivity index (χ4n) is 4.52. The maximum atomic E-state index is 13.1. The van der Waals surface area contributed by atoms with Gasteiger partial charge in [-0.25, -0.2) is 9.69 Å². The second-order valence-corrected chi connectivity index (χ2v) is 8.16. The largest absolute Gasteiger partial charge is 0.462 e. The highest BCUT2D eigenvalue weighted by atomic mass is 16.5. The molecule has 2 aliphatic rings. The van der Waals surface area contributed by atoms with Crippen LogP contribution >= 0.6 is 0 Å². The first kappa shape index (κ1) is 21.2. The number of ether oxygens (including phenoxy) is 1. The molecule has 2 aromatic rings. The van der Waals surface area contributed by atoms with Gasteiger partial charge in [-0.3, -0.25) is 9.59 Å². The van der Waals surface area contributed by atoms with Crippen molar-refractivity contribution in [2.24, 2.45) is 0 Å². The number of rotatable bonds is 6. The van der Waals surface area contributed by atoms with Crippen LogP contribution < -0.4 is 14.7 Å². The molecule has 2 heterocycles. The molecular formula is C24H29N3O4+2. The standard InChI is InChI=1S/C24H27N3O4/c1-2-31-24(30)19-8-10-20(11-9-19)27-22(28)16-21(23(27)29)26-14-12-25(13-15-26)17-18-6-4-3-5-7-18/h3-11,21H,2,12-17H2,1H3/p+2/t21-/m0/s1. The summed E-state index contributed by atoms with van der Waals surface area (Å²) in [6.45, 7) is 6.76. The molecule has 2 N–H and O–H groups in total. The lowest BCUT2D eigenvalue weighted by Crippen LogP contribution is -3.29. The van der Waals surface area contributed by atoms with Gasteiger partial charge >= 0.3 is 5.97 Å². The van der Waals surface area contributed by atoms with E-state index in [4.69, 9.17) is 4.74 Å². The summed E-state index contributed by atoms with van der Waals surface area (Å²) >= 11 is 0. The number of esters is 1. The lowest BCUT2D eigenvalue weighted by atomic mass is 10.1. The van der Waals surface area contributed by atoms with Gasteiger partial charge in [0, 0.05) is 5.56 Å². The van der Waals surface area contributed by atoms with E-state index in [2.05, 4.69) is 24.3 Å². The molecule has 31 heavy (non-hydrogen) atoms. The Labute approximate surface area is 182 Å². The number of hydrogen-bond donors (Lipinski definition) is 2. The van der Waals surface area contributed by atoms with Gasteiger partial charge in [-0.1, -0.05) is 30.3 Å². The molecular weight excluding hydrogens is 394 g/mol. The number of amides is 2. The predicted molar refractivity (Wildman–Crippen MR) is 115 cm³/mol. The van der Waals surface area contributed by atoms with E-state index in [1.54, 1.807) is 31.2 Å². The second kappa shape index (κ2) is 9.41. The predicted octanol–water partition coefficient (Wildman–Crippen LogP) is -0.521. The van der Waals surface area contributed by atoms with Gasteiger partial charge in [0.2, 0.25) is 5.91 Å². The molecule has 0 aliphatic carbocycles. The molecule has 0 spiro atoms. The Bertz CT molecular complexity index is 937. The van der Waals surface area contributed by atoms with Crippen molar-refractivity contribution in [1.29, 1.82) is 0 Å². The summed E-state index contributed by atoms with van der Waals surface area (Å²) in [7, 11) is 0. The minimum atomic E-state index is -0.411. The number of nitrogens with one attached hydrogen (secondary N) is 2. The summed E-state index contributed by atoms with van der Waals surface area (Å²) in [6, 6.07) is 16.6. The van der Waals surface area contributed by atoms with Crippen molar-refractivity contribution < 1.29 is 28.9 Å². The third-order valence-corrected chi connectivity index (χ3v) is 6.17. The average molecular weight is 424 g/mol. The van der Waals surface area contributed by atoms with Crippen LogP contribution in [0.3, 0.4) is 0 Å². The molecule has 0 saturated carbocycles. The first-order valence-electron chi connectivity index (χ1n) is 10.9. The minimum absolute atomic E-state index is 0.143. The SMILES string of the molecule is CCOC(=O)c1ccc(N2C(=O)C[C@H]([NH+]3CC[NH+](Cc4ccccc4)CC3)C2=O)cc1. The average Bonchev–Trinajstić information content (AvgIpc) is 3.09. The molecule has 0 aromatic heterocycles. The summed E-state index contributed by atoms with van der Waals surface area (Å²) < 4.78 is 4.99. The second-order valence-electron chi connectivity index (χ2n) is 8.16. The van der Waals surface area contributed by atoms with Crippen LogP contribution in [0.1, 0.15) is 29.3 Å². The summed E-state index contributed by atoms with van der Waals surface area (Å²) in [5, 5.41) is 0. The van der Waals surface area contributed by atoms with E-state index in [1.165, 1.54) is 20.3 Å². The quantitative estimate of drug-likeness (QED) is 0.485. The fourth-order valence-corrected chi connectivity index (χ4v) is 4.52. The first-order chi connectivity index (χ1) is 15.1. The number of anilines is 1. The van der Waals surface area contributed by atoms with Crippen molar-refractivity contribution in [3.63, 3.8) is 0 Å². The summed E-state index contributed by atoms with van der Waals surface area (Å²) in [4.78, 5) is 41.6. The zero-order valence-electron chi connectivity index (χ0n) is 17.8. The molecule has 2 aliphatic heterocycles. The molecule has 2 amide bonds. The van der Waals surface area contributed by atoms with Crippen LogP contribution in [0, 0.1) is 0 Å². The van der Waals surface area contributed by atoms with Gasteiger partial charge in [0.25, 0.3) is 5.91 Å². The zero-order chi connectivity index (χ0) is 21.8. The third-order valence-electron chi connectivity index (χ3n) is 6.17. The topological polar surface area (TPSA) is 72.6 Å². The molecule has 0 radical (unpaired) electrons. The molecule has 2 saturated heterocycles. The van der Waals surface area contributed by atoms with E-state index >= 15 is 0 Å². The van der Waals surface area contributed by atoms with Crippen LogP contribution in [0.2, 0.25) is 0 Å². The molecule has 0 unspecified atom stereocenters. The first-order valence-corrected chi connectivity index (χ1v) is 10.9. The molecule has 1 atom stereocenters. The number of imide groups is 1. The smallest absolute Gasteiger partial charge is 0.338 e. The Balaban J connectivity index is 1.37. The number of nitrogens with zero attached hydrogens (tertiary/aromatic N) is 1. The van der Waals surface area contributed by atoms with Crippen molar-refractivity contribution in [3.05, 3.63) is 65.7 Å². The van der Waals surface area contributed by atoms with E-state index in [0.717, 1.165) is 32.7 Å². The highest BCUT2D eigenvalue weighted by molar-refractivity contribution is 6.21. The van der Waals surface area contributed by atoms with E-state index in [1.807, 2.05) is 6.07 Å². The third kappa shape index (κ3) is 4.68. The lowest BCUT2D eigenvalue weighted by molar-refractivity contribution is -1.02. The number of benzene rings is 2. The monoisotopic (exact) mass is 423 g/mol. The van der Waals surface area contributed by atoms with Crippen LogP contribution in [-0.4, -0.2) is 56.6 Å². The molecule has 0 bridgehead atoms. The van der Waals surface area contributed by atoms with E-state index < -0.39 is 5.97 Å². The van der Waals surface area contributed by atoms with Crippen LogP contribution in [0.4, 0.5) is 5.69 Å². The lowest BCUT2D eigenvalue weighted by Gasteiger charge is -2.32. The maximum Gasteiger partial charge on any atom is 0.338 e. The van der Waals surface area contributed by atoms with Crippen molar-refractivity contribution >= 4 is 23.5 Å². The maximum absolute atomic E-state index is 13.1. The summed E-state index contributed by atoms with van der Waals surface area (Å²) in [5.41, 5.74) is 2.24. The number of carbonyl (C=O) groups is 3. The highest BCUT2D eigenvalue weighted by Gasteiger charge is 2.46. The number of hydrogen-bond acceptors (Lipinski definition) is 4. The normalized spacial score (nSPS) is 23.8. The van der Waals surface area contributed by atoms with E-state index in [-0.39, 0.29) is 24.3 Å². The van der Waals surface area contributed by atoms with Gasteiger partial charge < -0.3 is 14.5 Å². The Kier molecular flexibility index (Phi) is 6.44. The van der Waals surface area contributed by atoms with Crippen molar-refractivity contribution in [1.82, 2.24) is 0 Å². The molecule has 7 nitrogen and oxygen atoms in total. The van der Waals surface area contributed by atoms with Gasteiger partial charge in [0.15, 0.2) is 6.04 Å². The zero-order valence-corrected chi connectivity index (χ0v) is 17.8. The Hall–Kier alpha value is -3.03. The van der Waals surface area contributed by atoms with Gasteiger partial charge in [-0.2, -0.15) is 0 Å². The van der Waals surface area contributed by atoms with Gasteiger partial charge in [-0.15, -0.1) is 0 Å². The molecule has 2 fully saturated rings. The summed E-state index contributed by atoms with van der Waals surface area (Å²) in [5.74, 6) is -0.729. The fraction of sp³-hybridized carbons (Fsp3) is 0.375. The van der Waals surface area contributed by atoms with Crippen molar-refractivity contribution in [2.75, 3.05) is 37.7 Å². The van der Waals surface area contributed by atoms with Crippen molar-refractivity contribution in [2.45, 2.75) is 25.9 Å². The number of piperazine rings is 1. The van der Waals surface area contributed by atoms with Crippen LogP contribution in [0.5, 0.6) is 0 Å². The minimum Gasteiger partial charge on any atom is -0.462 e. The Morgan fingerprint density at radius 2 is 1.68 bits per heavy atom. The van der Waals surface area contributed by atoms with E-state index in [9.17, 15) is 14.4 Å². The molecule has 162 valence electrons. The molecule has 2 aromatic carbocycles. The number of quaternary nitrogens is 2. The van der Waals surface area contributed by atoms with Crippen molar-refractivity contribution in [3.8, 4) is 0 Å². The molecule has 7 heteroatoms. The number of carbonyl (C=O) groups excluding carboxylic acids is 3. The van der Waals surface area contributed by atoms with Gasteiger partial charge in [-0.05, 0) is 31.2 Å². The highest BCUT2D eigenvalue weighted by Crippen LogP contribution is 2.22. The Morgan fingerprint density at radius 3 is 2.32 bits per heavy atom. The van der Waals surface area contributed by atoms with Crippen LogP contribution in [0.15, 0.2) is 54.6 Å². The Morgan fingerprint density at radius 1 is 1.00 bits per heavy atom. The van der Waals surface area contributed by atoms with Gasteiger partial charge in [0.05, 0.1) is 24.3 Å². The summed E-state index contributed by atoms with van der Waals surface area (Å²) in [6.07, 6.45) is 0.238.